The molecule has 1 aromatic rings. The predicted octanol–water partition coefficient (Wildman–Crippen LogP) is 1.68. The Morgan fingerprint density at radius 2 is 2.06 bits per heavy atom. The van der Waals surface area contributed by atoms with Gasteiger partial charge in [0.25, 0.3) is 0 Å². The van der Waals surface area contributed by atoms with E-state index < -0.39 is 12.0 Å². The highest BCUT2D eigenvalue weighted by Gasteiger charge is 2.30. The van der Waals surface area contributed by atoms with Gasteiger partial charge in [-0.25, -0.2) is 0 Å². The minimum Gasteiger partial charge on any atom is -0.480 e. The van der Waals surface area contributed by atoms with Crippen LogP contribution in [0.4, 0.5) is 0 Å². The highest BCUT2D eigenvalue weighted by atomic mass is 32.1. The van der Waals surface area contributed by atoms with Gasteiger partial charge in [-0.1, -0.05) is 6.92 Å². The molecule has 2 rings (SSSR count). The molecule has 1 aromatic heterocycles. The first-order valence-corrected chi connectivity index (χ1v) is 7.17. The smallest absolute Gasteiger partial charge is 0.326 e. The third-order valence-corrected chi connectivity index (χ3v) is 4.72. The highest BCUT2D eigenvalue weighted by molar-refractivity contribution is 7.12. The molecule has 100 valence electrons. The second-order valence-electron chi connectivity index (χ2n) is 4.74. The molecule has 0 amide bonds. The van der Waals surface area contributed by atoms with Crippen molar-refractivity contribution in [2.45, 2.75) is 19.4 Å². The second-order valence-corrected chi connectivity index (χ2v) is 5.94. The Bertz CT molecular complexity index is 411. The van der Waals surface area contributed by atoms with Gasteiger partial charge in [-0.2, -0.15) is 0 Å². The maximum absolute atomic E-state index is 11.5. The number of thiophene rings is 1. The summed E-state index contributed by atoms with van der Waals surface area (Å²) in [7, 11) is 2.08. The first-order chi connectivity index (χ1) is 8.61. The molecule has 0 radical (unpaired) electrons. The first kappa shape index (κ1) is 13.5. The van der Waals surface area contributed by atoms with E-state index >= 15 is 0 Å². The summed E-state index contributed by atoms with van der Waals surface area (Å²) in [5, 5.41) is 9.48. The standard InChI is InChI=1S/C13H20N2O2S/c1-3-10-4-5-11(18-10)12(13(16)17)15-8-6-14(2)7-9-15/h4-5,12H,3,6-9H2,1-2H3,(H,16,17). The van der Waals surface area contributed by atoms with Crippen molar-refractivity contribution in [1.82, 2.24) is 9.80 Å². The quantitative estimate of drug-likeness (QED) is 0.902. The van der Waals surface area contributed by atoms with Crippen LogP contribution in [0, 0.1) is 0 Å². The zero-order valence-corrected chi connectivity index (χ0v) is 11.7. The van der Waals surface area contributed by atoms with Crippen LogP contribution >= 0.6 is 11.3 Å². The predicted molar refractivity (Wildman–Crippen MR) is 73.1 cm³/mol. The number of aliphatic carboxylic acids is 1. The summed E-state index contributed by atoms with van der Waals surface area (Å²) in [5.74, 6) is -0.732. The van der Waals surface area contributed by atoms with Gasteiger partial charge in [0.15, 0.2) is 0 Å². The van der Waals surface area contributed by atoms with Crippen molar-refractivity contribution in [2.24, 2.45) is 0 Å². The highest BCUT2D eigenvalue weighted by Crippen LogP contribution is 2.29. The number of piperazine rings is 1. The fourth-order valence-corrected chi connectivity index (χ4v) is 3.35. The van der Waals surface area contributed by atoms with Crippen LogP contribution in [0.15, 0.2) is 12.1 Å². The van der Waals surface area contributed by atoms with Crippen LogP contribution in [0.1, 0.15) is 22.7 Å². The van der Waals surface area contributed by atoms with E-state index in [1.165, 1.54) is 4.88 Å². The number of rotatable bonds is 4. The summed E-state index contributed by atoms with van der Waals surface area (Å²) >= 11 is 1.63. The average Bonchev–Trinajstić information content (AvgIpc) is 2.80. The molecule has 5 heteroatoms. The molecule has 1 aliphatic heterocycles. The summed E-state index contributed by atoms with van der Waals surface area (Å²) in [6.45, 7) is 5.63. The number of hydrogen-bond acceptors (Lipinski definition) is 4. The first-order valence-electron chi connectivity index (χ1n) is 6.35. The maximum atomic E-state index is 11.5. The number of hydrogen-bond donors (Lipinski definition) is 1. The molecule has 4 nitrogen and oxygen atoms in total. The minimum atomic E-state index is -0.732. The van der Waals surface area contributed by atoms with E-state index in [2.05, 4.69) is 23.8 Å². The van der Waals surface area contributed by atoms with Crippen molar-refractivity contribution in [3.8, 4) is 0 Å². The van der Waals surface area contributed by atoms with Gasteiger partial charge in [-0.05, 0) is 25.6 Å². The molecule has 0 aliphatic carbocycles. The van der Waals surface area contributed by atoms with E-state index in [4.69, 9.17) is 0 Å². The lowest BCUT2D eigenvalue weighted by Crippen LogP contribution is -2.47. The Balaban J connectivity index is 2.15. The molecule has 1 atom stereocenters. The third-order valence-electron chi connectivity index (χ3n) is 3.44. The molecule has 1 N–H and O–H groups in total. The summed E-state index contributed by atoms with van der Waals surface area (Å²) in [6.07, 6.45) is 0.972. The molecule has 0 spiro atoms. The summed E-state index contributed by atoms with van der Waals surface area (Å²) in [4.78, 5) is 18.1. The van der Waals surface area contributed by atoms with Crippen molar-refractivity contribution in [3.05, 3.63) is 21.9 Å². The fourth-order valence-electron chi connectivity index (χ4n) is 2.27. The van der Waals surface area contributed by atoms with Crippen LogP contribution in [-0.4, -0.2) is 54.1 Å². The number of carbonyl (C=O) groups is 1. The molecule has 0 saturated carbocycles. The van der Waals surface area contributed by atoms with E-state index in [0.29, 0.717) is 0 Å². The Morgan fingerprint density at radius 1 is 1.39 bits per heavy atom. The molecule has 1 aliphatic rings. The van der Waals surface area contributed by atoms with Crippen LogP contribution in [0.2, 0.25) is 0 Å². The Hall–Kier alpha value is -0.910. The van der Waals surface area contributed by atoms with Crippen molar-refractivity contribution >= 4 is 17.3 Å². The third kappa shape index (κ3) is 2.91. The number of carboxylic acids is 1. The Morgan fingerprint density at radius 3 is 2.56 bits per heavy atom. The van der Waals surface area contributed by atoms with Gasteiger partial charge in [0.1, 0.15) is 6.04 Å². The van der Waals surface area contributed by atoms with Crippen LogP contribution in [0.25, 0.3) is 0 Å². The zero-order chi connectivity index (χ0) is 13.1. The van der Waals surface area contributed by atoms with E-state index in [1.807, 2.05) is 12.1 Å². The van der Waals surface area contributed by atoms with Gasteiger partial charge in [0.2, 0.25) is 0 Å². The van der Waals surface area contributed by atoms with E-state index in [-0.39, 0.29) is 0 Å². The Kier molecular flexibility index (Phi) is 4.37. The number of carboxylic acid groups (broad SMARTS) is 1. The van der Waals surface area contributed by atoms with E-state index in [9.17, 15) is 9.90 Å². The normalized spacial score (nSPS) is 19.9. The van der Waals surface area contributed by atoms with Gasteiger partial charge in [0.05, 0.1) is 0 Å². The molecule has 1 saturated heterocycles. The molecule has 2 heterocycles. The molecular weight excluding hydrogens is 248 g/mol. The lowest BCUT2D eigenvalue weighted by Gasteiger charge is -2.35. The molecule has 0 aromatic carbocycles. The largest absolute Gasteiger partial charge is 0.480 e. The van der Waals surface area contributed by atoms with Gasteiger partial charge < -0.3 is 10.0 Å². The van der Waals surface area contributed by atoms with Crippen LogP contribution < -0.4 is 0 Å². The lowest BCUT2D eigenvalue weighted by atomic mass is 10.1. The van der Waals surface area contributed by atoms with Crippen molar-refractivity contribution < 1.29 is 9.90 Å². The van der Waals surface area contributed by atoms with Crippen LogP contribution in [0.5, 0.6) is 0 Å². The number of likely N-dealkylation sites (N-methyl/N-ethyl adjacent to an activating group) is 1. The maximum Gasteiger partial charge on any atom is 0.326 e. The van der Waals surface area contributed by atoms with Crippen LogP contribution in [-0.2, 0) is 11.2 Å². The molecular formula is C13H20N2O2S. The molecule has 1 fully saturated rings. The summed E-state index contributed by atoms with van der Waals surface area (Å²) < 4.78 is 0. The molecule has 18 heavy (non-hydrogen) atoms. The number of nitrogens with zero attached hydrogens (tertiary/aromatic N) is 2. The van der Waals surface area contributed by atoms with Gasteiger partial charge in [-0.3, -0.25) is 9.69 Å². The number of aryl methyl sites for hydroxylation is 1. The minimum absolute atomic E-state index is 0.469. The van der Waals surface area contributed by atoms with Gasteiger partial charge >= 0.3 is 5.97 Å². The topological polar surface area (TPSA) is 43.8 Å². The summed E-state index contributed by atoms with van der Waals surface area (Å²) in [6, 6.07) is 3.55. The lowest BCUT2D eigenvalue weighted by molar-refractivity contribution is -0.144. The van der Waals surface area contributed by atoms with Gasteiger partial charge in [0, 0.05) is 35.9 Å². The fraction of sp³-hybridized carbons (Fsp3) is 0.615. The van der Waals surface area contributed by atoms with Crippen molar-refractivity contribution in [3.63, 3.8) is 0 Å². The van der Waals surface area contributed by atoms with Crippen molar-refractivity contribution in [2.75, 3.05) is 33.2 Å². The van der Waals surface area contributed by atoms with E-state index in [1.54, 1.807) is 11.3 Å². The SMILES string of the molecule is CCc1ccc(C(C(=O)O)N2CCN(C)CC2)s1. The Labute approximate surface area is 112 Å². The second kappa shape index (κ2) is 5.82. The monoisotopic (exact) mass is 268 g/mol. The van der Waals surface area contributed by atoms with Gasteiger partial charge in [-0.15, -0.1) is 11.3 Å². The molecule has 1 unspecified atom stereocenters. The van der Waals surface area contributed by atoms with E-state index in [0.717, 1.165) is 37.5 Å². The zero-order valence-electron chi connectivity index (χ0n) is 10.9. The average molecular weight is 268 g/mol. The molecule has 0 bridgehead atoms. The van der Waals surface area contributed by atoms with Crippen LogP contribution in [0.3, 0.4) is 0 Å². The van der Waals surface area contributed by atoms with Crippen molar-refractivity contribution in [1.29, 1.82) is 0 Å². The summed E-state index contributed by atoms with van der Waals surface area (Å²) in [5.41, 5.74) is 0.